The molecule has 0 unspecified atom stereocenters. The number of hydrogen-bond acceptors (Lipinski definition) is 4. The van der Waals surface area contributed by atoms with Crippen molar-refractivity contribution in [3.63, 3.8) is 0 Å². The minimum absolute atomic E-state index is 0.0282. The van der Waals surface area contributed by atoms with Crippen molar-refractivity contribution in [2.75, 3.05) is 13.7 Å². The quantitative estimate of drug-likeness (QED) is 0.747. The highest BCUT2D eigenvalue weighted by Gasteiger charge is 2.18. The first-order chi connectivity index (χ1) is 12.1. The zero-order valence-electron chi connectivity index (χ0n) is 13.9. The molecule has 2 rings (SSSR count). The van der Waals surface area contributed by atoms with Gasteiger partial charge in [0.15, 0.2) is 11.6 Å². The number of halogens is 1. The largest absolute Gasteiger partial charge is 0.490 e. The van der Waals surface area contributed by atoms with Gasteiger partial charge < -0.3 is 14.8 Å². The van der Waals surface area contributed by atoms with Crippen molar-refractivity contribution >= 4 is 11.9 Å². The van der Waals surface area contributed by atoms with Crippen molar-refractivity contribution in [2.45, 2.75) is 18.9 Å². The lowest BCUT2D eigenvalue weighted by molar-refractivity contribution is -0.141. The van der Waals surface area contributed by atoms with Gasteiger partial charge in [-0.2, -0.15) is 0 Å². The number of benzene rings is 2. The van der Waals surface area contributed by atoms with Crippen LogP contribution in [0.5, 0.6) is 5.75 Å². The van der Waals surface area contributed by atoms with Crippen LogP contribution in [0.1, 0.15) is 24.4 Å². The van der Waals surface area contributed by atoms with Gasteiger partial charge in [-0.05, 0) is 17.7 Å². The van der Waals surface area contributed by atoms with Crippen LogP contribution in [-0.4, -0.2) is 25.6 Å². The molecule has 6 heteroatoms. The third-order valence-electron chi connectivity index (χ3n) is 3.56. The number of carbonyl (C=O) groups is 2. The first kappa shape index (κ1) is 18.4. The van der Waals surface area contributed by atoms with Crippen LogP contribution >= 0.6 is 0 Å². The Hall–Kier alpha value is -2.89. The van der Waals surface area contributed by atoms with Gasteiger partial charge in [0.05, 0.1) is 32.6 Å². The number of esters is 1. The molecule has 0 aliphatic rings. The SMILES string of the molecule is COC(=O)C[C@@H](NC(=O)CCOc1ccccc1F)c1ccccc1. The van der Waals surface area contributed by atoms with Gasteiger partial charge in [-0.1, -0.05) is 42.5 Å². The molecular weight excluding hydrogens is 325 g/mol. The summed E-state index contributed by atoms with van der Waals surface area (Å²) in [7, 11) is 1.30. The molecular formula is C19H20FNO4. The second-order valence-corrected chi connectivity index (χ2v) is 5.34. The Labute approximate surface area is 145 Å². The fourth-order valence-electron chi connectivity index (χ4n) is 2.27. The van der Waals surface area contributed by atoms with E-state index in [2.05, 4.69) is 10.1 Å². The summed E-state index contributed by atoms with van der Waals surface area (Å²) in [5, 5.41) is 2.79. The Balaban J connectivity index is 1.90. The van der Waals surface area contributed by atoms with Crippen LogP contribution in [0.4, 0.5) is 4.39 Å². The summed E-state index contributed by atoms with van der Waals surface area (Å²) < 4.78 is 23.4. The van der Waals surface area contributed by atoms with Crippen LogP contribution in [0.2, 0.25) is 0 Å². The first-order valence-electron chi connectivity index (χ1n) is 7.88. The third-order valence-corrected chi connectivity index (χ3v) is 3.56. The molecule has 0 aliphatic carbocycles. The highest BCUT2D eigenvalue weighted by molar-refractivity contribution is 5.78. The summed E-state index contributed by atoms with van der Waals surface area (Å²) in [5.41, 5.74) is 0.802. The lowest BCUT2D eigenvalue weighted by atomic mass is 10.0. The maximum absolute atomic E-state index is 13.5. The van der Waals surface area contributed by atoms with Crippen molar-refractivity contribution in [3.8, 4) is 5.75 Å². The molecule has 0 heterocycles. The van der Waals surface area contributed by atoms with E-state index in [-0.39, 0.29) is 31.1 Å². The van der Waals surface area contributed by atoms with E-state index in [0.717, 1.165) is 5.56 Å². The molecule has 25 heavy (non-hydrogen) atoms. The van der Waals surface area contributed by atoms with E-state index >= 15 is 0 Å². The van der Waals surface area contributed by atoms with Gasteiger partial charge >= 0.3 is 5.97 Å². The number of hydrogen-bond donors (Lipinski definition) is 1. The van der Waals surface area contributed by atoms with Crippen molar-refractivity contribution in [1.29, 1.82) is 0 Å². The standard InChI is InChI=1S/C19H20FNO4/c1-24-19(23)13-16(14-7-3-2-4-8-14)21-18(22)11-12-25-17-10-6-5-9-15(17)20/h2-10,16H,11-13H2,1H3,(H,21,22)/t16-/m1/s1. The second kappa shape index (κ2) is 9.42. The molecule has 1 N–H and O–H groups in total. The molecule has 2 aromatic carbocycles. The van der Waals surface area contributed by atoms with E-state index in [9.17, 15) is 14.0 Å². The monoisotopic (exact) mass is 345 g/mol. The minimum atomic E-state index is -0.491. The summed E-state index contributed by atoms with van der Waals surface area (Å²) in [4.78, 5) is 23.7. The number of methoxy groups -OCH3 is 1. The molecule has 0 spiro atoms. The number of nitrogens with one attached hydrogen (secondary N) is 1. The van der Waals surface area contributed by atoms with Gasteiger partial charge in [-0.3, -0.25) is 9.59 Å². The van der Waals surface area contributed by atoms with Crippen LogP contribution < -0.4 is 10.1 Å². The zero-order valence-corrected chi connectivity index (χ0v) is 13.9. The van der Waals surface area contributed by atoms with E-state index in [4.69, 9.17) is 4.74 Å². The van der Waals surface area contributed by atoms with Crippen molar-refractivity contribution < 1.29 is 23.5 Å². The number of para-hydroxylation sites is 1. The van der Waals surface area contributed by atoms with E-state index in [0.29, 0.717) is 0 Å². The maximum Gasteiger partial charge on any atom is 0.307 e. The summed E-state index contributed by atoms with van der Waals surface area (Å²) in [6, 6.07) is 14.7. The predicted octanol–water partition coefficient (Wildman–Crippen LogP) is 3.02. The van der Waals surface area contributed by atoms with Crippen LogP contribution in [0.15, 0.2) is 54.6 Å². The van der Waals surface area contributed by atoms with Gasteiger partial charge in [0, 0.05) is 0 Å². The molecule has 2 aromatic rings. The number of ether oxygens (including phenoxy) is 2. The van der Waals surface area contributed by atoms with E-state index in [1.807, 2.05) is 30.3 Å². The zero-order chi connectivity index (χ0) is 18.1. The Morgan fingerprint density at radius 2 is 1.76 bits per heavy atom. The van der Waals surface area contributed by atoms with Crippen LogP contribution in [0.3, 0.4) is 0 Å². The molecule has 0 radical (unpaired) electrons. The van der Waals surface area contributed by atoms with Crippen molar-refractivity contribution in [3.05, 3.63) is 66.0 Å². The summed E-state index contributed by atoms with van der Waals surface area (Å²) in [5.74, 6) is -1.09. The fourth-order valence-corrected chi connectivity index (χ4v) is 2.27. The summed E-state index contributed by atoms with van der Waals surface area (Å²) in [6.07, 6.45) is 0.0687. The lowest BCUT2D eigenvalue weighted by Crippen LogP contribution is -2.31. The summed E-state index contributed by atoms with van der Waals surface area (Å²) >= 11 is 0. The van der Waals surface area contributed by atoms with Crippen molar-refractivity contribution in [2.24, 2.45) is 0 Å². The van der Waals surface area contributed by atoms with Crippen LogP contribution in [-0.2, 0) is 14.3 Å². The van der Waals surface area contributed by atoms with Gasteiger partial charge in [0.25, 0.3) is 0 Å². The summed E-state index contributed by atoms with van der Waals surface area (Å²) in [6.45, 7) is 0.0342. The lowest BCUT2D eigenvalue weighted by Gasteiger charge is -2.18. The smallest absolute Gasteiger partial charge is 0.307 e. The molecule has 0 saturated carbocycles. The Bertz CT molecular complexity index is 706. The first-order valence-corrected chi connectivity index (χ1v) is 7.88. The van der Waals surface area contributed by atoms with E-state index in [1.165, 1.54) is 19.2 Å². The molecule has 1 amide bonds. The molecule has 5 nitrogen and oxygen atoms in total. The Morgan fingerprint density at radius 1 is 1.08 bits per heavy atom. The number of rotatable bonds is 8. The Kier molecular flexibility index (Phi) is 6.95. The normalized spacial score (nSPS) is 11.4. The number of carbonyl (C=O) groups excluding carboxylic acids is 2. The second-order valence-electron chi connectivity index (χ2n) is 5.34. The average molecular weight is 345 g/mol. The van der Waals surface area contributed by atoms with Crippen LogP contribution in [0, 0.1) is 5.82 Å². The van der Waals surface area contributed by atoms with E-state index < -0.39 is 17.8 Å². The molecule has 0 aliphatic heterocycles. The molecule has 132 valence electrons. The molecule has 1 atom stereocenters. The molecule has 0 bridgehead atoms. The number of amides is 1. The van der Waals surface area contributed by atoms with Gasteiger partial charge in [0.2, 0.25) is 5.91 Å². The van der Waals surface area contributed by atoms with E-state index in [1.54, 1.807) is 12.1 Å². The molecule has 0 aromatic heterocycles. The molecule has 0 saturated heterocycles. The Morgan fingerprint density at radius 3 is 2.44 bits per heavy atom. The highest BCUT2D eigenvalue weighted by Crippen LogP contribution is 2.18. The highest BCUT2D eigenvalue weighted by atomic mass is 19.1. The van der Waals surface area contributed by atoms with Gasteiger partial charge in [-0.15, -0.1) is 0 Å². The van der Waals surface area contributed by atoms with Crippen molar-refractivity contribution in [1.82, 2.24) is 5.32 Å². The topological polar surface area (TPSA) is 64.6 Å². The van der Waals surface area contributed by atoms with Gasteiger partial charge in [-0.25, -0.2) is 4.39 Å². The minimum Gasteiger partial charge on any atom is -0.490 e. The average Bonchev–Trinajstić information content (AvgIpc) is 2.63. The van der Waals surface area contributed by atoms with Crippen LogP contribution in [0.25, 0.3) is 0 Å². The third kappa shape index (κ3) is 5.91. The molecule has 0 fully saturated rings. The van der Waals surface area contributed by atoms with Gasteiger partial charge in [0.1, 0.15) is 0 Å². The maximum atomic E-state index is 13.5. The predicted molar refractivity (Wildman–Crippen MR) is 90.5 cm³/mol. The fraction of sp³-hybridized carbons (Fsp3) is 0.263.